The largest absolute Gasteiger partial charge is 0.507 e. The molecule has 0 atom stereocenters. The lowest BCUT2D eigenvalue weighted by molar-refractivity contribution is -0.123. The zero-order valence-corrected chi connectivity index (χ0v) is 12.7. The molecule has 0 saturated carbocycles. The topological polar surface area (TPSA) is 70.9 Å². The van der Waals surface area contributed by atoms with Gasteiger partial charge in [-0.2, -0.15) is 5.10 Å². The van der Waals surface area contributed by atoms with Gasteiger partial charge in [-0.05, 0) is 36.8 Å². The molecule has 22 heavy (non-hydrogen) atoms. The van der Waals surface area contributed by atoms with E-state index in [0.717, 1.165) is 5.56 Å². The molecule has 0 spiro atoms. The van der Waals surface area contributed by atoms with Gasteiger partial charge in [0.2, 0.25) is 0 Å². The highest BCUT2D eigenvalue weighted by Gasteiger charge is 2.03. The molecule has 2 rings (SSSR count). The molecule has 6 heteroatoms. The zero-order chi connectivity index (χ0) is 15.9. The Labute approximate surface area is 133 Å². The summed E-state index contributed by atoms with van der Waals surface area (Å²) < 4.78 is 5.27. The van der Waals surface area contributed by atoms with Crippen LogP contribution in [0.5, 0.6) is 11.5 Å². The number of phenolic OH excluding ortho intramolecular Hbond substituents is 1. The number of rotatable bonds is 5. The van der Waals surface area contributed by atoms with Gasteiger partial charge in [-0.15, -0.1) is 0 Å². The van der Waals surface area contributed by atoms with Crippen molar-refractivity contribution in [1.82, 2.24) is 5.43 Å². The van der Waals surface area contributed by atoms with E-state index in [9.17, 15) is 9.90 Å². The van der Waals surface area contributed by atoms with E-state index >= 15 is 0 Å². The van der Waals surface area contributed by atoms with Crippen molar-refractivity contribution in [3.63, 3.8) is 0 Å². The number of para-hydroxylation sites is 1. The molecule has 0 heterocycles. The monoisotopic (exact) mass is 318 g/mol. The van der Waals surface area contributed by atoms with Crippen LogP contribution in [0, 0.1) is 6.92 Å². The SMILES string of the molecule is Cc1cccc(C=NNC(=O)COc2cccc(Cl)c2)c1O. The molecular weight excluding hydrogens is 304 g/mol. The number of amides is 1. The fourth-order valence-electron chi connectivity index (χ4n) is 1.70. The van der Waals surface area contributed by atoms with Gasteiger partial charge in [0.05, 0.1) is 6.21 Å². The Balaban J connectivity index is 1.85. The van der Waals surface area contributed by atoms with Gasteiger partial charge in [0, 0.05) is 10.6 Å². The lowest BCUT2D eigenvalue weighted by Gasteiger charge is -2.05. The average molecular weight is 319 g/mol. The third-order valence-corrected chi connectivity index (χ3v) is 3.06. The Kier molecular flexibility index (Phi) is 5.38. The van der Waals surface area contributed by atoms with Crippen molar-refractivity contribution in [2.75, 3.05) is 6.61 Å². The van der Waals surface area contributed by atoms with E-state index in [0.29, 0.717) is 16.3 Å². The van der Waals surface area contributed by atoms with Crippen molar-refractivity contribution in [2.24, 2.45) is 5.10 Å². The van der Waals surface area contributed by atoms with Gasteiger partial charge < -0.3 is 9.84 Å². The van der Waals surface area contributed by atoms with Crippen molar-refractivity contribution in [2.45, 2.75) is 6.92 Å². The molecule has 0 radical (unpaired) electrons. The summed E-state index contributed by atoms with van der Waals surface area (Å²) in [6.07, 6.45) is 1.37. The van der Waals surface area contributed by atoms with Gasteiger partial charge in [0.25, 0.3) is 5.91 Å². The number of phenols is 1. The normalized spacial score (nSPS) is 10.6. The number of carbonyl (C=O) groups is 1. The molecule has 1 amide bonds. The lowest BCUT2D eigenvalue weighted by atomic mass is 10.1. The van der Waals surface area contributed by atoms with Gasteiger partial charge in [0.1, 0.15) is 11.5 Å². The van der Waals surface area contributed by atoms with Crippen LogP contribution in [0.1, 0.15) is 11.1 Å². The Morgan fingerprint density at radius 2 is 2.14 bits per heavy atom. The lowest BCUT2D eigenvalue weighted by Crippen LogP contribution is -2.24. The molecule has 0 aliphatic heterocycles. The van der Waals surface area contributed by atoms with Crippen LogP contribution in [-0.4, -0.2) is 23.8 Å². The summed E-state index contributed by atoms with van der Waals surface area (Å²) >= 11 is 5.81. The second kappa shape index (κ2) is 7.47. The number of ether oxygens (including phenoxy) is 1. The summed E-state index contributed by atoms with van der Waals surface area (Å²) in [4.78, 5) is 11.6. The van der Waals surface area contributed by atoms with Crippen LogP contribution < -0.4 is 10.2 Å². The number of benzene rings is 2. The van der Waals surface area contributed by atoms with Crippen molar-refractivity contribution in [3.05, 3.63) is 58.6 Å². The van der Waals surface area contributed by atoms with E-state index in [-0.39, 0.29) is 12.4 Å². The molecular formula is C16H15ClN2O3. The quantitative estimate of drug-likeness (QED) is 0.658. The minimum atomic E-state index is -0.414. The Bertz CT molecular complexity index is 702. The molecule has 0 aliphatic rings. The second-order valence-electron chi connectivity index (χ2n) is 4.55. The third-order valence-electron chi connectivity index (χ3n) is 2.83. The van der Waals surface area contributed by atoms with Crippen LogP contribution in [0.15, 0.2) is 47.6 Å². The minimum absolute atomic E-state index is 0.135. The predicted molar refractivity (Wildman–Crippen MR) is 85.5 cm³/mol. The van der Waals surface area contributed by atoms with E-state index in [1.165, 1.54) is 6.21 Å². The van der Waals surface area contributed by atoms with E-state index in [2.05, 4.69) is 10.5 Å². The maximum atomic E-state index is 11.6. The third kappa shape index (κ3) is 4.49. The van der Waals surface area contributed by atoms with Crippen molar-refractivity contribution in [3.8, 4) is 11.5 Å². The number of nitrogens with one attached hydrogen (secondary N) is 1. The first-order chi connectivity index (χ1) is 10.6. The molecule has 0 fully saturated rings. The minimum Gasteiger partial charge on any atom is -0.507 e. The molecule has 0 unspecified atom stereocenters. The number of aryl methyl sites for hydroxylation is 1. The zero-order valence-electron chi connectivity index (χ0n) is 11.9. The average Bonchev–Trinajstić information content (AvgIpc) is 2.49. The van der Waals surface area contributed by atoms with E-state index < -0.39 is 5.91 Å². The van der Waals surface area contributed by atoms with Crippen LogP contribution in [0.25, 0.3) is 0 Å². The molecule has 2 aromatic carbocycles. The van der Waals surface area contributed by atoms with Crippen molar-refractivity contribution in [1.29, 1.82) is 0 Å². The van der Waals surface area contributed by atoms with Gasteiger partial charge in [-0.3, -0.25) is 4.79 Å². The Hall–Kier alpha value is -2.53. The first-order valence-corrected chi connectivity index (χ1v) is 6.93. The summed E-state index contributed by atoms with van der Waals surface area (Å²) in [7, 11) is 0. The molecule has 0 saturated heterocycles. The van der Waals surface area contributed by atoms with Crippen LogP contribution in [0.2, 0.25) is 5.02 Å². The molecule has 114 valence electrons. The summed E-state index contributed by atoms with van der Waals surface area (Å²) in [6.45, 7) is 1.60. The number of aromatic hydroxyl groups is 1. The van der Waals surface area contributed by atoms with E-state index in [4.69, 9.17) is 16.3 Å². The first kappa shape index (κ1) is 15.9. The van der Waals surface area contributed by atoms with Crippen LogP contribution in [-0.2, 0) is 4.79 Å². The smallest absolute Gasteiger partial charge is 0.277 e. The van der Waals surface area contributed by atoms with Gasteiger partial charge >= 0.3 is 0 Å². The number of nitrogens with zero attached hydrogens (tertiary/aromatic N) is 1. The predicted octanol–water partition coefficient (Wildman–Crippen LogP) is 2.88. The molecule has 0 aliphatic carbocycles. The van der Waals surface area contributed by atoms with Crippen molar-refractivity contribution >= 4 is 23.7 Å². The highest BCUT2D eigenvalue weighted by atomic mass is 35.5. The highest BCUT2D eigenvalue weighted by Crippen LogP contribution is 2.19. The summed E-state index contributed by atoms with van der Waals surface area (Å²) in [6, 6.07) is 12.0. The summed E-state index contributed by atoms with van der Waals surface area (Å²) in [5.41, 5.74) is 3.58. The van der Waals surface area contributed by atoms with Gasteiger partial charge in [-0.25, -0.2) is 5.43 Å². The van der Waals surface area contributed by atoms with Gasteiger partial charge in [-0.1, -0.05) is 29.8 Å². The Morgan fingerprint density at radius 3 is 2.91 bits per heavy atom. The van der Waals surface area contributed by atoms with E-state index in [1.54, 1.807) is 49.4 Å². The standard InChI is InChI=1S/C16H15ClN2O3/c1-11-4-2-5-12(16(11)21)9-18-19-15(20)10-22-14-7-3-6-13(17)8-14/h2-9,21H,10H2,1H3,(H,19,20). The molecule has 5 nitrogen and oxygen atoms in total. The number of hydrogen-bond acceptors (Lipinski definition) is 4. The number of hydrogen-bond donors (Lipinski definition) is 2. The summed E-state index contributed by atoms with van der Waals surface area (Å²) in [5.74, 6) is 0.224. The Morgan fingerprint density at radius 1 is 1.36 bits per heavy atom. The summed E-state index contributed by atoms with van der Waals surface area (Å²) in [5, 5.41) is 14.1. The van der Waals surface area contributed by atoms with Crippen LogP contribution in [0.4, 0.5) is 0 Å². The molecule has 2 aromatic rings. The van der Waals surface area contributed by atoms with E-state index in [1.807, 2.05) is 0 Å². The number of carbonyl (C=O) groups excluding carboxylic acids is 1. The van der Waals surface area contributed by atoms with Crippen LogP contribution >= 0.6 is 11.6 Å². The number of hydrazone groups is 1. The van der Waals surface area contributed by atoms with Crippen LogP contribution in [0.3, 0.4) is 0 Å². The van der Waals surface area contributed by atoms with Gasteiger partial charge in [0.15, 0.2) is 6.61 Å². The second-order valence-corrected chi connectivity index (χ2v) is 4.99. The highest BCUT2D eigenvalue weighted by molar-refractivity contribution is 6.30. The maximum absolute atomic E-state index is 11.6. The fraction of sp³-hybridized carbons (Fsp3) is 0.125. The van der Waals surface area contributed by atoms with Crippen molar-refractivity contribution < 1.29 is 14.6 Å². The fourth-order valence-corrected chi connectivity index (χ4v) is 1.88. The molecule has 2 N–H and O–H groups in total. The molecule has 0 aromatic heterocycles. The molecule has 0 bridgehead atoms. The maximum Gasteiger partial charge on any atom is 0.277 e. The number of halogens is 1. The first-order valence-electron chi connectivity index (χ1n) is 6.55.